The number of fused-ring (bicyclic) bond motifs is 1. The van der Waals surface area contributed by atoms with E-state index in [1.54, 1.807) is 18.2 Å². The number of hydrogen-bond acceptors (Lipinski definition) is 6. The van der Waals surface area contributed by atoms with Gasteiger partial charge in [0.2, 0.25) is 0 Å². The molecule has 1 aromatic heterocycles. The molecule has 0 saturated carbocycles. The minimum atomic E-state index is -2.19. The second-order valence-corrected chi connectivity index (χ2v) is 7.65. The molecule has 1 amide bonds. The number of primary amides is 1. The van der Waals surface area contributed by atoms with Crippen LogP contribution in [0.5, 0.6) is 0 Å². The van der Waals surface area contributed by atoms with Crippen LogP contribution in [0.4, 0.5) is 4.79 Å². The first-order chi connectivity index (χ1) is 10.9. The first-order valence-corrected chi connectivity index (χ1v) is 9.18. The molecule has 23 heavy (non-hydrogen) atoms. The molecule has 8 heteroatoms. The lowest BCUT2D eigenvalue weighted by Crippen LogP contribution is -2.09. The average molecular weight is 354 g/mol. The predicted octanol–water partition coefficient (Wildman–Crippen LogP) is 3.85. The van der Waals surface area contributed by atoms with Gasteiger partial charge in [0.1, 0.15) is 0 Å². The standard InChI is InChI=1S/C15H16NO5PS/c1-9(2)20-8-21-15(18)22(19)7-10-3-4-12-11(5-10)6-13(23-12)14(16)17/h3-6,9H,7-8H2,1-2H3,(H-,16,17)/p+1. The van der Waals surface area contributed by atoms with Crippen LogP contribution in [0.1, 0.15) is 29.1 Å². The zero-order valence-corrected chi connectivity index (χ0v) is 14.5. The van der Waals surface area contributed by atoms with Crippen molar-refractivity contribution in [3.8, 4) is 0 Å². The highest BCUT2D eigenvalue weighted by Crippen LogP contribution is 2.32. The number of nitrogens with two attached hydrogens (primary N) is 1. The third-order valence-electron chi connectivity index (χ3n) is 2.94. The van der Waals surface area contributed by atoms with Crippen molar-refractivity contribution in [2.45, 2.75) is 26.1 Å². The van der Waals surface area contributed by atoms with Crippen LogP contribution in [-0.4, -0.2) is 24.5 Å². The fraction of sp³-hybridized carbons (Fsp3) is 0.333. The number of carbonyl (C=O) groups is 2. The second kappa shape index (κ2) is 7.64. The van der Waals surface area contributed by atoms with Crippen molar-refractivity contribution in [1.82, 2.24) is 0 Å². The maximum atomic E-state index is 12.0. The molecule has 1 atom stereocenters. The van der Waals surface area contributed by atoms with Crippen LogP contribution < -0.4 is 5.73 Å². The van der Waals surface area contributed by atoms with Gasteiger partial charge in [-0.3, -0.25) is 4.79 Å². The van der Waals surface area contributed by atoms with E-state index in [2.05, 4.69) is 0 Å². The summed E-state index contributed by atoms with van der Waals surface area (Å²) in [6.45, 7) is 3.41. The Morgan fingerprint density at radius 3 is 2.70 bits per heavy atom. The van der Waals surface area contributed by atoms with Gasteiger partial charge < -0.3 is 15.2 Å². The number of carbonyl (C=O) groups excluding carboxylic acids is 2. The Bertz CT molecular complexity index is 755. The molecule has 0 fully saturated rings. The molecule has 6 nitrogen and oxygen atoms in total. The summed E-state index contributed by atoms with van der Waals surface area (Å²) >= 11 is 1.30. The van der Waals surface area contributed by atoms with Crippen molar-refractivity contribution in [1.29, 1.82) is 0 Å². The lowest BCUT2D eigenvalue weighted by molar-refractivity contribution is -0.0366. The van der Waals surface area contributed by atoms with Gasteiger partial charge in [-0.15, -0.1) is 11.3 Å². The van der Waals surface area contributed by atoms with Crippen LogP contribution >= 0.6 is 19.1 Å². The van der Waals surface area contributed by atoms with Crippen molar-refractivity contribution in [2.24, 2.45) is 5.73 Å². The molecular formula is C15H17NO5PS+. The minimum absolute atomic E-state index is 0.0684. The van der Waals surface area contributed by atoms with Gasteiger partial charge in [-0.2, -0.15) is 4.79 Å². The molecule has 2 rings (SSSR count). The third kappa shape index (κ3) is 4.82. The highest BCUT2D eigenvalue weighted by Gasteiger charge is 2.31. The summed E-state index contributed by atoms with van der Waals surface area (Å²) in [5.74, 6) is -0.479. The summed E-state index contributed by atoms with van der Waals surface area (Å²) in [5.41, 5.74) is 5.21. The van der Waals surface area contributed by atoms with Crippen LogP contribution in [0.15, 0.2) is 24.3 Å². The molecule has 1 aromatic carbocycles. The Hall–Kier alpha value is -1.82. The van der Waals surface area contributed by atoms with Gasteiger partial charge in [0.15, 0.2) is 13.0 Å². The topological polar surface area (TPSA) is 95.7 Å². The monoisotopic (exact) mass is 354 g/mol. The molecule has 0 radical (unpaired) electrons. The number of amides is 1. The maximum Gasteiger partial charge on any atom is 0.557 e. The van der Waals surface area contributed by atoms with Crippen molar-refractivity contribution in [2.75, 3.05) is 6.79 Å². The third-order valence-corrected chi connectivity index (χ3v) is 5.26. The van der Waals surface area contributed by atoms with E-state index in [1.807, 2.05) is 19.9 Å². The predicted molar refractivity (Wildman–Crippen MR) is 89.2 cm³/mol. The molecule has 1 unspecified atom stereocenters. The fourth-order valence-electron chi connectivity index (χ4n) is 1.84. The molecule has 0 saturated heterocycles. The largest absolute Gasteiger partial charge is 0.557 e. The molecule has 0 bridgehead atoms. The fourth-order valence-corrected chi connectivity index (χ4v) is 3.58. The van der Waals surface area contributed by atoms with Crippen LogP contribution in [-0.2, 0) is 20.2 Å². The molecular weight excluding hydrogens is 337 g/mol. The van der Waals surface area contributed by atoms with E-state index in [9.17, 15) is 14.2 Å². The Balaban J connectivity index is 2.01. The highest BCUT2D eigenvalue weighted by molar-refractivity contribution is 7.62. The maximum absolute atomic E-state index is 12.0. The average Bonchev–Trinajstić information content (AvgIpc) is 2.90. The Morgan fingerprint density at radius 1 is 1.30 bits per heavy atom. The van der Waals surface area contributed by atoms with Gasteiger partial charge in [0.05, 0.1) is 11.0 Å². The number of ether oxygens (including phenoxy) is 2. The Morgan fingerprint density at radius 2 is 2.04 bits per heavy atom. The highest BCUT2D eigenvalue weighted by atomic mass is 32.1. The molecule has 0 aliphatic heterocycles. The molecule has 2 aromatic rings. The van der Waals surface area contributed by atoms with E-state index in [0.717, 1.165) is 15.6 Å². The van der Waals surface area contributed by atoms with Crippen LogP contribution in [0, 0.1) is 0 Å². The Labute approximate surface area is 138 Å². The summed E-state index contributed by atoms with van der Waals surface area (Å²) in [5, 5.41) is 0.834. The van der Waals surface area contributed by atoms with Gasteiger partial charge >= 0.3 is 13.5 Å². The number of rotatable bonds is 7. The first kappa shape index (κ1) is 17.5. The van der Waals surface area contributed by atoms with Gasteiger partial charge in [-0.05, 0) is 37.4 Å². The van der Waals surface area contributed by atoms with Gasteiger partial charge in [0.25, 0.3) is 5.91 Å². The van der Waals surface area contributed by atoms with Gasteiger partial charge in [-0.25, -0.2) is 0 Å². The zero-order chi connectivity index (χ0) is 17.0. The quantitative estimate of drug-likeness (QED) is 0.602. The van der Waals surface area contributed by atoms with Gasteiger partial charge in [0, 0.05) is 10.3 Å². The van der Waals surface area contributed by atoms with Crippen molar-refractivity contribution < 1.29 is 23.6 Å². The van der Waals surface area contributed by atoms with Crippen molar-refractivity contribution >= 4 is 40.8 Å². The Kier molecular flexibility index (Phi) is 5.82. The summed E-state index contributed by atoms with van der Waals surface area (Å²) in [7, 11) is -2.19. The normalized spacial score (nSPS) is 11.7. The SMILES string of the molecule is CC(C)OCOC(=O)[P+](=O)Cc1ccc2sc(C(N)=O)cc2c1. The van der Waals surface area contributed by atoms with E-state index < -0.39 is 19.4 Å². The van der Waals surface area contributed by atoms with Crippen LogP contribution in [0.3, 0.4) is 0 Å². The molecule has 122 valence electrons. The molecule has 1 heterocycles. The zero-order valence-electron chi connectivity index (χ0n) is 12.8. The summed E-state index contributed by atoms with van der Waals surface area (Å²) < 4.78 is 22.8. The number of thiophene rings is 1. The summed E-state index contributed by atoms with van der Waals surface area (Å²) in [4.78, 5) is 23.3. The van der Waals surface area contributed by atoms with E-state index in [4.69, 9.17) is 15.2 Å². The smallest absolute Gasteiger partial charge is 0.400 e. The summed E-state index contributed by atoms with van der Waals surface area (Å²) in [6.07, 6.45) is 0.00852. The molecule has 0 spiro atoms. The molecule has 0 aliphatic rings. The van der Waals surface area contributed by atoms with E-state index in [1.165, 1.54) is 11.3 Å². The number of benzene rings is 1. The van der Waals surface area contributed by atoms with Crippen molar-refractivity contribution in [3.63, 3.8) is 0 Å². The van der Waals surface area contributed by atoms with Crippen molar-refractivity contribution in [3.05, 3.63) is 34.7 Å². The lowest BCUT2D eigenvalue weighted by atomic mass is 10.2. The first-order valence-electron chi connectivity index (χ1n) is 6.92. The summed E-state index contributed by atoms with van der Waals surface area (Å²) in [6, 6.07) is 7.07. The van der Waals surface area contributed by atoms with E-state index >= 15 is 0 Å². The van der Waals surface area contributed by atoms with E-state index in [0.29, 0.717) is 4.88 Å². The molecule has 2 N–H and O–H groups in total. The minimum Gasteiger partial charge on any atom is -0.400 e. The molecule has 0 aliphatic carbocycles. The van der Waals surface area contributed by atoms with E-state index in [-0.39, 0.29) is 19.1 Å². The second-order valence-electron chi connectivity index (χ2n) is 5.13. The van der Waals surface area contributed by atoms with Crippen LogP contribution in [0.2, 0.25) is 0 Å². The number of hydrogen-bond donors (Lipinski definition) is 1. The van der Waals surface area contributed by atoms with Crippen LogP contribution in [0.25, 0.3) is 10.1 Å². The van der Waals surface area contributed by atoms with Gasteiger partial charge in [-0.1, -0.05) is 10.6 Å². The lowest BCUT2D eigenvalue weighted by Gasteiger charge is -2.04.